The summed E-state index contributed by atoms with van der Waals surface area (Å²) in [6.07, 6.45) is 5.36. The molecule has 2 rings (SSSR count). The van der Waals surface area contributed by atoms with Crippen LogP contribution in [0.25, 0.3) is 0 Å². The third kappa shape index (κ3) is 3.15. The zero-order valence-corrected chi connectivity index (χ0v) is 11.9. The molecule has 1 saturated carbocycles. The van der Waals surface area contributed by atoms with E-state index in [1.54, 1.807) is 0 Å². The molecular formula is C15H26N2O. The largest absolute Gasteiger partial charge is 0.463 e. The van der Waals surface area contributed by atoms with Crippen molar-refractivity contribution in [3.8, 4) is 0 Å². The van der Waals surface area contributed by atoms with E-state index >= 15 is 0 Å². The first kappa shape index (κ1) is 13.6. The molecule has 2 N–H and O–H groups in total. The molecule has 0 amide bonds. The van der Waals surface area contributed by atoms with Crippen molar-refractivity contribution in [2.75, 3.05) is 7.05 Å². The van der Waals surface area contributed by atoms with Crippen molar-refractivity contribution in [3.05, 3.63) is 23.2 Å². The van der Waals surface area contributed by atoms with Gasteiger partial charge in [0.2, 0.25) is 0 Å². The second-order valence-electron chi connectivity index (χ2n) is 5.85. The van der Waals surface area contributed by atoms with Crippen LogP contribution in [0.5, 0.6) is 0 Å². The summed E-state index contributed by atoms with van der Waals surface area (Å²) in [6.45, 7) is 5.83. The molecule has 0 saturated heterocycles. The minimum Gasteiger partial charge on any atom is -0.463 e. The van der Waals surface area contributed by atoms with Crippen molar-refractivity contribution in [2.24, 2.45) is 11.7 Å². The van der Waals surface area contributed by atoms with Crippen LogP contribution < -0.4 is 5.73 Å². The lowest BCUT2D eigenvalue weighted by molar-refractivity contribution is 0.154. The van der Waals surface area contributed by atoms with Gasteiger partial charge in [-0.2, -0.15) is 0 Å². The fraction of sp³-hybridized carbons (Fsp3) is 0.733. The van der Waals surface area contributed by atoms with E-state index in [4.69, 9.17) is 10.2 Å². The molecule has 1 aromatic rings. The number of hydrogen-bond donors (Lipinski definition) is 1. The molecule has 1 aliphatic rings. The Kier molecular flexibility index (Phi) is 4.46. The van der Waals surface area contributed by atoms with Crippen LogP contribution in [0, 0.1) is 12.8 Å². The first-order valence-electron chi connectivity index (χ1n) is 7.08. The lowest BCUT2D eigenvalue weighted by atomic mass is 9.87. The van der Waals surface area contributed by atoms with E-state index in [1.165, 1.54) is 31.2 Å². The highest BCUT2D eigenvalue weighted by Gasteiger charge is 2.22. The van der Waals surface area contributed by atoms with Gasteiger partial charge < -0.3 is 10.2 Å². The van der Waals surface area contributed by atoms with E-state index in [-0.39, 0.29) is 0 Å². The summed E-state index contributed by atoms with van der Waals surface area (Å²) in [5, 5.41) is 0. The highest BCUT2D eigenvalue weighted by atomic mass is 16.3. The Morgan fingerprint density at radius 3 is 2.56 bits per heavy atom. The monoisotopic (exact) mass is 250 g/mol. The summed E-state index contributed by atoms with van der Waals surface area (Å²) in [6, 6.07) is 2.84. The van der Waals surface area contributed by atoms with Crippen LogP contribution in [-0.2, 0) is 13.1 Å². The van der Waals surface area contributed by atoms with E-state index in [1.807, 2.05) is 0 Å². The van der Waals surface area contributed by atoms with Crippen molar-refractivity contribution >= 4 is 0 Å². The Hall–Kier alpha value is -0.800. The Morgan fingerprint density at radius 2 is 2.00 bits per heavy atom. The summed E-state index contributed by atoms with van der Waals surface area (Å²) in [4.78, 5) is 2.43. The maximum atomic E-state index is 5.78. The first-order valence-corrected chi connectivity index (χ1v) is 7.08. The van der Waals surface area contributed by atoms with Crippen molar-refractivity contribution in [2.45, 2.75) is 58.7 Å². The molecular weight excluding hydrogens is 224 g/mol. The Bertz CT molecular complexity index is 378. The normalized spacial score (nSPS) is 24.7. The smallest absolute Gasteiger partial charge is 0.120 e. The lowest BCUT2D eigenvalue weighted by Crippen LogP contribution is -2.34. The van der Waals surface area contributed by atoms with E-state index in [2.05, 4.69) is 31.9 Å². The van der Waals surface area contributed by atoms with Gasteiger partial charge in [0.25, 0.3) is 0 Å². The number of furan rings is 1. The fourth-order valence-electron chi connectivity index (χ4n) is 2.93. The summed E-state index contributed by atoms with van der Waals surface area (Å²) >= 11 is 0. The SMILES string of the molecule is Cc1cc(CN(C)C2CCC(C)CC2)oc1CN. The van der Waals surface area contributed by atoms with Gasteiger partial charge in [0.05, 0.1) is 13.1 Å². The summed E-state index contributed by atoms with van der Waals surface area (Å²) in [5.74, 6) is 2.88. The van der Waals surface area contributed by atoms with Crippen molar-refractivity contribution < 1.29 is 4.42 Å². The van der Waals surface area contributed by atoms with Crippen LogP contribution in [0.3, 0.4) is 0 Å². The first-order chi connectivity index (χ1) is 8.60. The van der Waals surface area contributed by atoms with E-state index in [0.717, 1.165) is 24.0 Å². The quantitative estimate of drug-likeness (QED) is 0.893. The van der Waals surface area contributed by atoms with Gasteiger partial charge in [-0.1, -0.05) is 6.92 Å². The van der Waals surface area contributed by atoms with Crippen LogP contribution in [0.2, 0.25) is 0 Å². The van der Waals surface area contributed by atoms with Gasteiger partial charge in [0.15, 0.2) is 0 Å². The van der Waals surface area contributed by atoms with Crippen LogP contribution in [0.1, 0.15) is 49.7 Å². The molecule has 1 aliphatic carbocycles. The molecule has 102 valence electrons. The second-order valence-corrected chi connectivity index (χ2v) is 5.85. The molecule has 1 heterocycles. The summed E-state index contributed by atoms with van der Waals surface area (Å²) in [7, 11) is 2.21. The van der Waals surface area contributed by atoms with Gasteiger partial charge in [-0.15, -0.1) is 0 Å². The predicted octanol–water partition coefficient (Wildman–Crippen LogP) is 3.06. The molecule has 18 heavy (non-hydrogen) atoms. The van der Waals surface area contributed by atoms with Crippen molar-refractivity contribution in [1.29, 1.82) is 0 Å². The highest BCUT2D eigenvalue weighted by Crippen LogP contribution is 2.27. The molecule has 0 spiro atoms. The van der Waals surface area contributed by atoms with Crippen molar-refractivity contribution in [3.63, 3.8) is 0 Å². The molecule has 0 bridgehead atoms. The van der Waals surface area contributed by atoms with Crippen LogP contribution in [0.15, 0.2) is 10.5 Å². The molecule has 1 aromatic heterocycles. The molecule has 3 nitrogen and oxygen atoms in total. The van der Waals surface area contributed by atoms with Gasteiger partial charge in [-0.3, -0.25) is 4.90 Å². The van der Waals surface area contributed by atoms with Gasteiger partial charge in [-0.05, 0) is 57.2 Å². The topological polar surface area (TPSA) is 42.4 Å². The van der Waals surface area contributed by atoms with E-state index < -0.39 is 0 Å². The predicted molar refractivity (Wildman–Crippen MR) is 74.2 cm³/mol. The maximum absolute atomic E-state index is 5.78. The second kappa shape index (κ2) is 5.89. The molecule has 0 atom stereocenters. The van der Waals surface area contributed by atoms with Gasteiger partial charge in [0, 0.05) is 6.04 Å². The average Bonchev–Trinajstić information content (AvgIpc) is 2.70. The minimum atomic E-state index is 0.497. The number of nitrogens with zero attached hydrogens (tertiary/aromatic N) is 1. The Balaban J connectivity index is 1.91. The maximum Gasteiger partial charge on any atom is 0.120 e. The average molecular weight is 250 g/mol. The van der Waals surface area contributed by atoms with E-state index in [0.29, 0.717) is 12.6 Å². The molecule has 0 aromatic carbocycles. The minimum absolute atomic E-state index is 0.497. The highest BCUT2D eigenvalue weighted by molar-refractivity contribution is 5.19. The molecule has 0 aliphatic heterocycles. The molecule has 0 radical (unpaired) electrons. The fourth-order valence-corrected chi connectivity index (χ4v) is 2.93. The van der Waals surface area contributed by atoms with Gasteiger partial charge >= 0.3 is 0 Å². The zero-order valence-electron chi connectivity index (χ0n) is 11.9. The number of rotatable bonds is 4. The third-order valence-electron chi connectivity index (χ3n) is 4.27. The van der Waals surface area contributed by atoms with E-state index in [9.17, 15) is 0 Å². The van der Waals surface area contributed by atoms with Crippen LogP contribution in [0.4, 0.5) is 0 Å². The Labute approximate surface area is 110 Å². The van der Waals surface area contributed by atoms with Crippen LogP contribution >= 0.6 is 0 Å². The molecule has 3 heteroatoms. The standard InChI is InChI=1S/C15H26N2O/c1-11-4-6-13(7-5-11)17(3)10-14-8-12(2)15(9-16)18-14/h8,11,13H,4-7,9-10,16H2,1-3H3. The lowest BCUT2D eigenvalue weighted by Gasteiger charge is -2.33. The van der Waals surface area contributed by atoms with Gasteiger partial charge in [0.1, 0.15) is 11.5 Å². The summed E-state index contributed by atoms with van der Waals surface area (Å²) in [5.41, 5.74) is 6.82. The Morgan fingerprint density at radius 1 is 1.33 bits per heavy atom. The number of nitrogens with two attached hydrogens (primary N) is 1. The summed E-state index contributed by atoms with van der Waals surface area (Å²) < 4.78 is 5.78. The van der Waals surface area contributed by atoms with Crippen LogP contribution in [-0.4, -0.2) is 18.0 Å². The molecule has 0 unspecified atom stereocenters. The molecule has 1 fully saturated rings. The number of aryl methyl sites for hydroxylation is 1. The van der Waals surface area contributed by atoms with Crippen molar-refractivity contribution in [1.82, 2.24) is 4.90 Å². The van der Waals surface area contributed by atoms with Gasteiger partial charge in [-0.25, -0.2) is 0 Å². The number of hydrogen-bond acceptors (Lipinski definition) is 3. The third-order valence-corrected chi connectivity index (χ3v) is 4.27. The zero-order chi connectivity index (χ0) is 13.1.